The summed E-state index contributed by atoms with van der Waals surface area (Å²) in [5.41, 5.74) is 3.62. The lowest BCUT2D eigenvalue weighted by Gasteiger charge is -2.05. The van der Waals surface area contributed by atoms with E-state index in [0.717, 1.165) is 20.9 Å². The number of aryl methyl sites for hydroxylation is 2. The van der Waals surface area contributed by atoms with Gasteiger partial charge >= 0.3 is 0 Å². The standard InChI is InChI=1S/C15H12N4S/c1-9-3-4-12-13(7-9)20-15(18-12)19-14-11(8-16)10(2)5-6-17-14/h3-7H,1-2H3,(H,17,18,19). The Hall–Kier alpha value is -2.45. The Morgan fingerprint density at radius 2 is 2.10 bits per heavy atom. The predicted octanol–water partition coefficient (Wildman–Crippen LogP) is 3.92. The Morgan fingerprint density at radius 3 is 2.90 bits per heavy atom. The van der Waals surface area contributed by atoms with Crippen LogP contribution in [0.2, 0.25) is 0 Å². The van der Waals surface area contributed by atoms with Crippen LogP contribution >= 0.6 is 11.3 Å². The van der Waals surface area contributed by atoms with E-state index in [-0.39, 0.29) is 0 Å². The molecular weight excluding hydrogens is 268 g/mol. The topological polar surface area (TPSA) is 61.6 Å². The number of rotatable bonds is 2. The number of nitrogens with one attached hydrogen (secondary N) is 1. The molecule has 0 bridgehead atoms. The number of hydrogen-bond donors (Lipinski definition) is 1. The van der Waals surface area contributed by atoms with Crippen LogP contribution in [0.4, 0.5) is 10.9 Å². The summed E-state index contributed by atoms with van der Waals surface area (Å²) in [5, 5.41) is 13.1. The van der Waals surface area contributed by atoms with Crippen molar-refractivity contribution >= 4 is 32.5 Å². The van der Waals surface area contributed by atoms with Gasteiger partial charge in [0, 0.05) is 6.20 Å². The molecule has 0 aliphatic rings. The summed E-state index contributed by atoms with van der Waals surface area (Å²) in [5.74, 6) is 0.559. The van der Waals surface area contributed by atoms with E-state index >= 15 is 0 Å². The normalized spacial score (nSPS) is 10.4. The van der Waals surface area contributed by atoms with Crippen molar-refractivity contribution in [2.45, 2.75) is 13.8 Å². The van der Waals surface area contributed by atoms with Crippen molar-refractivity contribution < 1.29 is 0 Å². The lowest BCUT2D eigenvalue weighted by atomic mass is 10.1. The van der Waals surface area contributed by atoms with E-state index in [4.69, 9.17) is 0 Å². The van der Waals surface area contributed by atoms with Gasteiger partial charge in [-0.3, -0.25) is 0 Å². The molecule has 0 unspecified atom stereocenters. The Kier molecular flexibility index (Phi) is 3.09. The molecule has 0 radical (unpaired) electrons. The maximum absolute atomic E-state index is 9.21. The van der Waals surface area contributed by atoms with Crippen molar-refractivity contribution in [3.05, 3.63) is 47.2 Å². The molecule has 4 nitrogen and oxygen atoms in total. The van der Waals surface area contributed by atoms with E-state index in [2.05, 4.69) is 34.3 Å². The summed E-state index contributed by atoms with van der Waals surface area (Å²) in [6.45, 7) is 3.95. The van der Waals surface area contributed by atoms with Crippen LogP contribution in [0.15, 0.2) is 30.5 Å². The van der Waals surface area contributed by atoms with Crippen molar-refractivity contribution in [3.8, 4) is 6.07 Å². The molecule has 5 heteroatoms. The molecule has 0 fully saturated rings. The molecule has 0 aliphatic heterocycles. The summed E-state index contributed by atoms with van der Waals surface area (Å²) in [7, 11) is 0. The van der Waals surface area contributed by atoms with Gasteiger partial charge in [0.25, 0.3) is 0 Å². The molecule has 3 rings (SSSR count). The van der Waals surface area contributed by atoms with Crippen LogP contribution in [0, 0.1) is 25.2 Å². The minimum atomic E-state index is 0.558. The number of pyridine rings is 1. The summed E-state index contributed by atoms with van der Waals surface area (Å²) in [4.78, 5) is 8.74. The number of benzene rings is 1. The van der Waals surface area contributed by atoms with Gasteiger partial charge < -0.3 is 5.32 Å². The van der Waals surface area contributed by atoms with Crippen LogP contribution in [0.5, 0.6) is 0 Å². The van der Waals surface area contributed by atoms with Gasteiger partial charge in [-0.25, -0.2) is 9.97 Å². The SMILES string of the molecule is Cc1ccc2nc(Nc3nccc(C)c3C#N)sc2c1. The fourth-order valence-corrected chi connectivity index (χ4v) is 2.94. The van der Waals surface area contributed by atoms with Crippen LogP contribution in [-0.2, 0) is 0 Å². The zero-order valence-electron chi connectivity index (χ0n) is 11.1. The maximum Gasteiger partial charge on any atom is 0.189 e. The van der Waals surface area contributed by atoms with Crippen molar-refractivity contribution in [2.24, 2.45) is 0 Å². The van der Waals surface area contributed by atoms with Gasteiger partial charge in [-0.05, 0) is 43.2 Å². The first kappa shape index (κ1) is 12.6. The molecule has 20 heavy (non-hydrogen) atoms. The average Bonchev–Trinajstić information content (AvgIpc) is 2.80. The molecule has 0 atom stereocenters. The number of anilines is 2. The van der Waals surface area contributed by atoms with Gasteiger partial charge in [0.05, 0.1) is 15.8 Å². The largest absolute Gasteiger partial charge is 0.315 e. The number of fused-ring (bicyclic) bond motifs is 1. The second-order valence-electron chi connectivity index (χ2n) is 4.58. The number of aromatic nitrogens is 2. The molecule has 0 amide bonds. The quantitative estimate of drug-likeness (QED) is 0.772. The molecule has 2 aromatic heterocycles. The highest BCUT2D eigenvalue weighted by Gasteiger charge is 2.09. The number of thiazole rings is 1. The molecule has 1 aromatic carbocycles. The van der Waals surface area contributed by atoms with Crippen molar-refractivity contribution in [2.75, 3.05) is 5.32 Å². The second kappa shape index (κ2) is 4.91. The van der Waals surface area contributed by atoms with E-state index in [0.29, 0.717) is 11.4 Å². The molecular formula is C15H12N4S. The zero-order valence-corrected chi connectivity index (χ0v) is 12.0. The number of hydrogen-bond acceptors (Lipinski definition) is 5. The first-order valence-corrected chi connectivity index (χ1v) is 6.99. The van der Waals surface area contributed by atoms with Gasteiger partial charge in [-0.1, -0.05) is 17.4 Å². The third kappa shape index (κ3) is 2.22. The van der Waals surface area contributed by atoms with Gasteiger partial charge in [0.2, 0.25) is 0 Å². The van der Waals surface area contributed by atoms with Crippen LogP contribution in [0.1, 0.15) is 16.7 Å². The average molecular weight is 280 g/mol. The minimum absolute atomic E-state index is 0.558. The molecule has 98 valence electrons. The van der Waals surface area contributed by atoms with E-state index in [1.165, 1.54) is 5.56 Å². The highest BCUT2D eigenvalue weighted by molar-refractivity contribution is 7.22. The summed E-state index contributed by atoms with van der Waals surface area (Å²) in [6.07, 6.45) is 1.69. The molecule has 0 saturated heterocycles. The molecule has 2 heterocycles. The summed E-state index contributed by atoms with van der Waals surface area (Å²) in [6, 6.07) is 10.1. The summed E-state index contributed by atoms with van der Waals surface area (Å²) >= 11 is 1.56. The van der Waals surface area contributed by atoms with Crippen LogP contribution in [0.25, 0.3) is 10.2 Å². The molecule has 0 saturated carbocycles. The second-order valence-corrected chi connectivity index (χ2v) is 5.61. The predicted molar refractivity (Wildman–Crippen MR) is 81.3 cm³/mol. The Balaban J connectivity index is 2.02. The highest BCUT2D eigenvalue weighted by atomic mass is 32.1. The first-order valence-electron chi connectivity index (χ1n) is 6.17. The fourth-order valence-electron chi connectivity index (χ4n) is 1.98. The lowest BCUT2D eigenvalue weighted by Crippen LogP contribution is -1.97. The van der Waals surface area contributed by atoms with Crippen LogP contribution < -0.4 is 5.32 Å². The smallest absolute Gasteiger partial charge is 0.189 e. The highest BCUT2D eigenvalue weighted by Crippen LogP contribution is 2.29. The number of nitrogens with zero attached hydrogens (tertiary/aromatic N) is 3. The Morgan fingerprint density at radius 1 is 1.25 bits per heavy atom. The van der Waals surface area contributed by atoms with E-state index in [1.807, 2.05) is 25.1 Å². The van der Waals surface area contributed by atoms with E-state index in [9.17, 15) is 5.26 Å². The first-order chi connectivity index (χ1) is 9.67. The van der Waals surface area contributed by atoms with E-state index < -0.39 is 0 Å². The fraction of sp³-hybridized carbons (Fsp3) is 0.133. The van der Waals surface area contributed by atoms with Gasteiger partial charge in [0.15, 0.2) is 5.13 Å². The van der Waals surface area contributed by atoms with Crippen molar-refractivity contribution in [1.82, 2.24) is 9.97 Å². The Bertz CT molecular complexity index is 829. The monoisotopic (exact) mass is 280 g/mol. The number of nitriles is 1. The lowest BCUT2D eigenvalue weighted by molar-refractivity contribution is 1.24. The van der Waals surface area contributed by atoms with Gasteiger partial charge in [0.1, 0.15) is 11.9 Å². The van der Waals surface area contributed by atoms with E-state index in [1.54, 1.807) is 17.5 Å². The van der Waals surface area contributed by atoms with Gasteiger partial charge in [-0.2, -0.15) is 5.26 Å². The van der Waals surface area contributed by atoms with Gasteiger partial charge in [-0.15, -0.1) is 0 Å². The summed E-state index contributed by atoms with van der Waals surface area (Å²) < 4.78 is 1.12. The minimum Gasteiger partial charge on any atom is -0.315 e. The zero-order chi connectivity index (χ0) is 14.1. The molecule has 1 N–H and O–H groups in total. The molecule has 0 spiro atoms. The maximum atomic E-state index is 9.21. The van der Waals surface area contributed by atoms with Crippen LogP contribution in [-0.4, -0.2) is 9.97 Å². The molecule has 3 aromatic rings. The van der Waals surface area contributed by atoms with Crippen molar-refractivity contribution in [3.63, 3.8) is 0 Å². The third-order valence-electron chi connectivity index (χ3n) is 3.04. The Labute approximate surface area is 120 Å². The molecule has 0 aliphatic carbocycles. The third-order valence-corrected chi connectivity index (χ3v) is 3.97. The van der Waals surface area contributed by atoms with Crippen molar-refractivity contribution in [1.29, 1.82) is 5.26 Å². The van der Waals surface area contributed by atoms with Crippen LogP contribution in [0.3, 0.4) is 0 Å².